The molecule has 21 heavy (non-hydrogen) atoms. The number of hydrogen-bond donors (Lipinski definition) is 2. The lowest BCUT2D eigenvalue weighted by Crippen LogP contribution is -2.10. The van der Waals surface area contributed by atoms with Crippen molar-refractivity contribution in [1.82, 2.24) is 10.2 Å². The molecule has 1 aromatic heterocycles. The molecule has 2 N–H and O–H groups in total. The normalized spacial score (nSPS) is 12.5. The van der Waals surface area contributed by atoms with E-state index in [9.17, 15) is 0 Å². The molecule has 0 aliphatic carbocycles. The van der Waals surface area contributed by atoms with Crippen LogP contribution in [0.3, 0.4) is 0 Å². The number of nitrogens with zero attached hydrogens (tertiary/aromatic N) is 1. The van der Waals surface area contributed by atoms with Crippen LogP contribution in [0.15, 0.2) is 48.7 Å². The van der Waals surface area contributed by atoms with E-state index in [1.165, 1.54) is 5.56 Å². The second kappa shape index (κ2) is 6.19. The van der Waals surface area contributed by atoms with Crippen LogP contribution in [0.1, 0.15) is 31.4 Å². The van der Waals surface area contributed by atoms with Crippen LogP contribution in [0, 0.1) is 0 Å². The van der Waals surface area contributed by atoms with Gasteiger partial charge in [0, 0.05) is 16.1 Å². The monoisotopic (exact) mass is 299 g/mol. The van der Waals surface area contributed by atoms with Crippen molar-refractivity contribution < 1.29 is 0 Å². The fourth-order valence-electron chi connectivity index (χ4n) is 2.54. The molecule has 0 amide bonds. The van der Waals surface area contributed by atoms with E-state index >= 15 is 0 Å². The average Bonchev–Trinajstić information content (AvgIpc) is 2.95. The second-order valence-electron chi connectivity index (χ2n) is 5.21. The van der Waals surface area contributed by atoms with E-state index in [0.717, 1.165) is 34.5 Å². The Balaban J connectivity index is 1.85. The molecule has 4 heteroatoms. The Labute approximate surface area is 129 Å². The highest BCUT2D eigenvalue weighted by atomic mass is 35.5. The zero-order chi connectivity index (χ0) is 14.7. The topological polar surface area (TPSA) is 40.7 Å². The smallest absolute Gasteiger partial charge is 0.0651 e. The lowest BCUT2D eigenvalue weighted by Gasteiger charge is -2.20. The van der Waals surface area contributed by atoms with Gasteiger partial charge in [0.25, 0.3) is 0 Å². The van der Waals surface area contributed by atoms with E-state index in [-0.39, 0.29) is 6.04 Å². The third-order valence-electron chi connectivity index (χ3n) is 3.63. The molecular weight excluding hydrogens is 282 g/mol. The van der Waals surface area contributed by atoms with Crippen molar-refractivity contribution in [2.45, 2.75) is 25.8 Å². The predicted octanol–water partition coefficient (Wildman–Crippen LogP) is 5.17. The van der Waals surface area contributed by atoms with E-state index in [2.05, 4.69) is 52.8 Å². The molecule has 3 aromatic rings. The number of hydrogen-bond acceptors (Lipinski definition) is 2. The molecule has 0 bridgehead atoms. The lowest BCUT2D eigenvalue weighted by molar-refractivity contribution is 0.678. The summed E-state index contributed by atoms with van der Waals surface area (Å²) in [5.41, 5.74) is 3.42. The van der Waals surface area contributed by atoms with E-state index in [4.69, 9.17) is 11.6 Å². The largest absolute Gasteiger partial charge is 0.378 e. The first-order valence-corrected chi connectivity index (χ1v) is 7.59. The Morgan fingerprint density at radius 1 is 1.19 bits per heavy atom. The van der Waals surface area contributed by atoms with Gasteiger partial charge in [-0.3, -0.25) is 5.10 Å². The molecule has 1 unspecified atom stereocenters. The molecular formula is C17H18ClN3. The highest BCUT2D eigenvalue weighted by molar-refractivity contribution is 6.30. The molecule has 1 atom stereocenters. The maximum Gasteiger partial charge on any atom is 0.0651 e. The summed E-state index contributed by atoms with van der Waals surface area (Å²) in [6.45, 7) is 2.20. The minimum Gasteiger partial charge on any atom is -0.378 e. The van der Waals surface area contributed by atoms with Crippen LogP contribution >= 0.6 is 11.6 Å². The van der Waals surface area contributed by atoms with Gasteiger partial charge in [0.05, 0.1) is 17.8 Å². The lowest BCUT2D eigenvalue weighted by atomic mass is 10.0. The van der Waals surface area contributed by atoms with Crippen LogP contribution in [0.25, 0.3) is 10.9 Å². The Morgan fingerprint density at radius 2 is 2.00 bits per heavy atom. The van der Waals surface area contributed by atoms with E-state index < -0.39 is 0 Å². The van der Waals surface area contributed by atoms with Crippen molar-refractivity contribution >= 4 is 28.2 Å². The van der Waals surface area contributed by atoms with Crippen molar-refractivity contribution in [3.05, 3.63) is 59.2 Å². The number of anilines is 1. The maximum atomic E-state index is 5.98. The molecule has 1 heterocycles. The molecule has 0 spiro atoms. The van der Waals surface area contributed by atoms with Gasteiger partial charge >= 0.3 is 0 Å². The number of halogens is 1. The van der Waals surface area contributed by atoms with Gasteiger partial charge < -0.3 is 5.32 Å². The van der Waals surface area contributed by atoms with Gasteiger partial charge in [-0.15, -0.1) is 0 Å². The van der Waals surface area contributed by atoms with Gasteiger partial charge in [0.15, 0.2) is 0 Å². The first-order valence-electron chi connectivity index (χ1n) is 7.21. The van der Waals surface area contributed by atoms with E-state index in [1.807, 2.05) is 18.3 Å². The highest BCUT2D eigenvalue weighted by Crippen LogP contribution is 2.26. The second-order valence-corrected chi connectivity index (χ2v) is 5.65. The Kier molecular flexibility index (Phi) is 4.11. The first-order chi connectivity index (χ1) is 10.3. The minimum atomic E-state index is 0.289. The highest BCUT2D eigenvalue weighted by Gasteiger charge is 2.11. The molecule has 0 saturated heterocycles. The molecule has 0 aliphatic heterocycles. The van der Waals surface area contributed by atoms with E-state index in [1.54, 1.807) is 0 Å². The maximum absolute atomic E-state index is 5.98. The van der Waals surface area contributed by atoms with Crippen molar-refractivity contribution in [1.29, 1.82) is 0 Å². The molecule has 0 radical (unpaired) electrons. The van der Waals surface area contributed by atoms with Crippen LogP contribution in [0.5, 0.6) is 0 Å². The van der Waals surface area contributed by atoms with Gasteiger partial charge in [-0.1, -0.05) is 37.1 Å². The summed E-state index contributed by atoms with van der Waals surface area (Å²) in [5.74, 6) is 0. The molecule has 0 aliphatic rings. The van der Waals surface area contributed by atoms with Crippen LogP contribution in [-0.4, -0.2) is 10.2 Å². The van der Waals surface area contributed by atoms with Gasteiger partial charge in [-0.25, -0.2) is 0 Å². The first kappa shape index (κ1) is 14.0. The molecule has 3 nitrogen and oxygen atoms in total. The molecule has 108 valence electrons. The zero-order valence-corrected chi connectivity index (χ0v) is 12.7. The SMILES string of the molecule is CCCC(Nc1ccc2[nH]ncc2c1)c1ccc(Cl)cc1. The van der Waals surface area contributed by atoms with Gasteiger partial charge in [0.1, 0.15) is 0 Å². The number of H-pyrrole nitrogens is 1. The van der Waals surface area contributed by atoms with Crippen LogP contribution in [0.4, 0.5) is 5.69 Å². The van der Waals surface area contributed by atoms with Crippen LogP contribution in [0.2, 0.25) is 5.02 Å². The quantitative estimate of drug-likeness (QED) is 0.682. The number of rotatable bonds is 5. The van der Waals surface area contributed by atoms with Gasteiger partial charge in [-0.05, 0) is 42.3 Å². The Hall–Kier alpha value is -2.00. The summed E-state index contributed by atoms with van der Waals surface area (Å²) in [5, 5.41) is 12.5. The minimum absolute atomic E-state index is 0.289. The Bertz CT molecular complexity index is 718. The van der Waals surface area contributed by atoms with Crippen LogP contribution < -0.4 is 5.32 Å². The summed E-state index contributed by atoms with van der Waals surface area (Å²) in [6.07, 6.45) is 4.04. The van der Waals surface area contributed by atoms with Gasteiger partial charge in [0.2, 0.25) is 0 Å². The fourth-order valence-corrected chi connectivity index (χ4v) is 2.67. The number of benzene rings is 2. The van der Waals surface area contributed by atoms with Crippen molar-refractivity contribution in [3.63, 3.8) is 0 Å². The summed E-state index contributed by atoms with van der Waals surface area (Å²) >= 11 is 5.98. The van der Waals surface area contributed by atoms with Crippen molar-refractivity contribution in [2.24, 2.45) is 0 Å². The predicted molar refractivity (Wildman–Crippen MR) is 88.8 cm³/mol. The third kappa shape index (κ3) is 3.19. The number of nitrogens with one attached hydrogen (secondary N) is 2. The van der Waals surface area contributed by atoms with Crippen LogP contribution in [-0.2, 0) is 0 Å². The molecule has 0 fully saturated rings. The standard InChI is InChI=1S/C17H18ClN3/c1-2-3-16(12-4-6-14(18)7-5-12)20-15-8-9-17-13(10-15)11-19-21-17/h4-11,16,20H,2-3H2,1H3,(H,19,21). The summed E-state index contributed by atoms with van der Waals surface area (Å²) in [7, 11) is 0. The number of fused-ring (bicyclic) bond motifs is 1. The number of aromatic amines is 1. The fraction of sp³-hybridized carbons (Fsp3) is 0.235. The molecule has 3 rings (SSSR count). The summed E-state index contributed by atoms with van der Waals surface area (Å²) in [4.78, 5) is 0. The van der Waals surface area contributed by atoms with Gasteiger partial charge in [-0.2, -0.15) is 5.10 Å². The summed E-state index contributed by atoms with van der Waals surface area (Å²) in [6, 6.07) is 14.6. The van der Waals surface area contributed by atoms with E-state index in [0.29, 0.717) is 0 Å². The van der Waals surface area contributed by atoms with Crippen molar-refractivity contribution in [3.8, 4) is 0 Å². The molecule has 0 saturated carbocycles. The van der Waals surface area contributed by atoms with Crippen molar-refractivity contribution in [2.75, 3.05) is 5.32 Å². The number of aromatic nitrogens is 2. The average molecular weight is 300 g/mol. The third-order valence-corrected chi connectivity index (χ3v) is 3.88. The zero-order valence-electron chi connectivity index (χ0n) is 11.9. The Morgan fingerprint density at radius 3 is 2.76 bits per heavy atom. The summed E-state index contributed by atoms with van der Waals surface area (Å²) < 4.78 is 0. The molecule has 2 aromatic carbocycles.